The van der Waals surface area contributed by atoms with E-state index in [0.717, 1.165) is 21.9 Å². The van der Waals surface area contributed by atoms with Crippen molar-refractivity contribution in [2.45, 2.75) is 19.4 Å². The first-order chi connectivity index (χ1) is 9.15. The Labute approximate surface area is 115 Å². The van der Waals surface area contributed by atoms with Crippen LogP contribution in [0.15, 0.2) is 29.6 Å². The minimum Gasteiger partial charge on any atom is -0.322 e. The van der Waals surface area contributed by atoms with Crippen molar-refractivity contribution in [3.8, 4) is 0 Å². The molecule has 0 aliphatic rings. The van der Waals surface area contributed by atoms with Crippen LogP contribution in [0.1, 0.15) is 22.4 Å². The van der Waals surface area contributed by atoms with Crippen LogP contribution in [0.3, 0.4) is 0 Å². The standard InChI is InChI=1S/C14H16N4S/c1-9-16-13(8-19-9)11(15)7-12-10-5-3-4-6-14(10)18(2)17-12/h3-6,8,11H,7,15H2,1-2H3. The maximum absolute atomic E-state index is 6.24. The molecule has 0 saturated carbocycles. The molecule has 0 bridgehead atoms. The second kappa shape index (κ2) is 4.75. The topological polar surface area (TPSA) is 56.7 Å². The summed E-state index contributed by atoms with van der Waals surface area (Å²) in [7, 11) is 1.96. The van der Waals surface area contributed by atoms with Crippen LogP contribution in [-0.2, 0) is 13.5 Å². The van der Waals surface area contributed by atoms with E-state index >= 15 is 0 Å². The molecular weight excluding hydrogens is 256 g/mol. The molecule has 0 radical (unpaired) electrons. The predicted molar refractivity (Wildman–Crippen MR) is 78.2 cm³/mol. The van der Waals surface area contributed by atoms with Crippen LogP contribution < -0.4 is 5.73 Å². The third-order valence-corrected chi connectivity index (χ3v) is 4.06. The van der Waals surface area contributed by atoms with Gasteiger partial charge in [0.05, 0.1) is 28.0 Å². The van der Waals surface area contributed by atoms with Crippen LogP contribution >= 0.6 is 11.3 Å². The molecule has 0 fully saturated rings. The van der Waals surface area contributed by atoms with E-state index < -0.39 is 0 Å². The van der Waals surface area contributed by atoms with Crippen molar-refractivity contribution in [3.05, 3.63) is 46.0 Å². The summed E-state index contributed by atoms with van der Waals surface area (Å²) in [5.41, 5.74) is 9.37. The molecule has 0 saturated heterocycles. The number of fused-ring (bicyclic) bond motifs is 1. The maximum atomic E-state index is 6.24. The monoisotopic (exact) mass is 272 g/mol. The fraction of sp³-hybridized carbons (Fsp3) is 0.286. The smallest absolute Gasteiger partial charge is 0.0898 e. The molecule has 5 heteroatoms. The third kappa shape index (κ3) is 2.27. The molecule has 1 unspecified atom stereocenters. The number of nitrogens with two attached hydrogens (primary N) is 1. The fourth-order valence-electron chi connectivity index (χ4n) is 2.30. The van der Waals surface area contributed by atoms with Gasteiger partial charge in [-0.15, -0.1) is 11.3 Å². The summed E-state index contributed by atoms with van der Waals surface area (Å²) in [4.78, 5) is 4.45. The minimum atomic E-state index is -0.0942. The second-order valence-electron chi connectivity index (χ2n) is 4.69. The predicted octanol–water partition coefficient (Wildman–Crippen LogP) is 2.58. The molecule has 2 aromatic heterocycles. The van der Waals surface area contributed by atoms with E-state index in [0.29, 0.717) is 6.42 Å². The van der Waals surface area contributed by atoms with Gasteiger partial charge in [-0.2, -0.15) is 5.10 Å². The SMILES string of the molecule is Cc1nc(C(N)Cc2nn(C)c3ccccc23)cs1. The highest BCUT2D eigenvalue weighted by molar-refractivity contribution is 7.09. The Morgan fingerprint density at radius 3 is 2.89 bits per heavy atom. The Kier molecular flexibility index (Phi) is 3.08. The highest BCUT2D eigenvalue weighted by Crippen LogP contribution is 2.23. The van der Waals surface area contributed by atoms with Gasteiger partial charge in [0, 0.05) is 24.2 Å². The molecule has 0 aliphatic heterocycles. The Hall–Kier alpha value is -1.72. The van der Waals surface area contributed by atoms with Gasteiger partial charge in [0.1, 0.15) is 0 Å². The van der Waals surface area contributed by atoms with E-state index in [1.54, 1.807) is 11.3 Å². The van der Waals surface area contributed by atoms with Crippen LogP contribution in [0, 0.1) is 6.92 Å². The highest BCUT2D eigenvalue weighted by Gasteiger charge is 2.15. The summed E-state index contributed by atoms with van der Waals surface area (Å²) in [6.07, 6.45) is 0.713. The van der Waals surface area contributed by atoms with Gasteiger partial charge in [-0.05, 0) is 13.0 Å². The first-order valence-corrected chi connectivity index (χ1v) is 7.11. The Morgan fingerprint density at radius 1 is 1.37 bits per heavy atom. The highest BCUT2D eigenvalue weighted by atomic mass is 32.1. The summed E-state index contributed by atoms with van der Waals surface area (Å²) in [6.45, 7) is 2.00. The van der Waals surface area contributed by atoms with E-state index in [1.807, 2.05) is 36.2 Å². The van der Waals surface area contributed by atoms with Crippen molar-refractivity contribution >= 4 is 22.2 Å². The molecule has 0 amide bonds. The molecule has 98 valence electrons. The molecule has 19 heavy (non-hydrogen) atoms. The molecule has 3 rings (SSSR count). The van der Waals surface area contributed by atoms with Crippen LogP contribution in [0.4, 0.5) is 0 Å². The quantitative estimate of drug-likeness (QED) is 0.797. The van der Waals surface area contributed by atoms with Gasteiger partial charge in [0.15, 0.2) is 0 Å². The van der Waals surface area contributed by atoms with Crippen molar-refractivity contribution < 1.29 is 0 Å². The maximum Gasteiger partial charge on any atom is 0.0898 e. The van der Waals surface area contributed by atoms with Gasteiger partial charge in [-0.25, -0.2) is 4.98 Å². The second-order valence-corrected chi connectivity index (χ2v) is 5.75. The fourth-order valence-corrected chi connectivity index (χ4v) is 2.98. The summed E-state index contributed by atoms with van der Waals surface area (Å²) < 4.78 is 1.91. The zero-order valence-corrected chi connectivity index (χ0v) is 11.8. The van der Waals surface area contributed by atoms with Crippen molar-refractivity contribution in [1.82, 2.24) is 14.8 Å². The first kappa shape index (κ1) is 12.3. The van der Waals surface area contributed by atoms with Crippen LogP contribution in [0.25, 0.3) is 10.9 Å². The van der Waals surface area contributed by atoms with E-state index in [2.05, 4.69) is 22.2 Å². The summed E-state index contributed by atoms with van der Waals surface area (Å²) >= 11 is 1.64. The van der Waals surface area contributed by atoms with Crippen LogP contribution in [-0.4, -0.2) is 14.8 Å². The van der Waals surface area contributed by atoms with E-state index in [4.69, 9.17) is 5.73 Å². The number of nitrogens with zero attached hydrogens (tertiary/aromatic N) is 3. The average Bonchev–Trinajstić information content (AvgIpc) is 2.96. The van der Waals surface area contributed by atoms with Gasteiger partial charge in [0.25, 0.3) is 0 Å². The largest absolute Gasteiger partial charge is 0.322 e. The number of rotatable bonds is 3. The molecule has 1 atom stereocenters. The molecule has 0 aliphatic carbocycles. The van der Waals surface area contributed by atoms with Gasteiger partial charge in [-0.1, -0.05) is 18.2 Å². The lowest BCUT2D eigenvalue weighted by Crippen LogP contribution is -2.14. The Balaban J connectivity index is 1.93. The molecular formula is C14H16N4S. The van der Waals surface area contributed by atoms with Crippen molar-refractivity contribution in [2.24, 2.45) is 12.8 Å². The van der Waals surface area contributed by atoms with Crippen LogP contribution in [0.2, 0.25) is 0 Å². The Bertz CT molecular complexity index is 713. The van der Waals surface area contributed by atoms with Crippen LogP contribution in [0.5, 0.6) is 0 Å². The van der Waals surface area contributed by atoms with Crippen molar-refractivity contribution in [2.75, 3.05) is 0 Å². The number of aryl methyl sites for hydroxylation is 2. The van der Waals surface area contributed by atoms with Gasteiger partial charge in [-0.3, -0.25) is 4.68 Å². The number of aromatic nitrogens is 3. The number of para-hydroxylation sites is 1. The molecule has 0 spiro atoms. The first-order valence-electron chi connectivity index (χ1n) is 6.23. The zero-order valence-electron chi connectivity index (χ0n) is 11.0. The van der Waals surface area contributed by atoms with Gasteiger partial charge < -0.3 is 5.73 Å². The number of hydrogen-bond donors (Lipinski definition) is 1. The lowest BCUT2D eigenvalue weighted by molar-refractivity contribution is 0.668. The molecule has 3 aromatic rings. The number of thiazole rings is 1. The van der Waals surface area contributed by atoms with Crippen molar-refractivity contribution in [1.29, 1.82) is 0 Å². The summed E-state index contributed by atoms with van der Waals surface area (Å²) in [5, 5.41) is 8.83. The van der Waals surface area contributed by atoms with E-state index in [-0.39, 0.29) is 6.04 Å². The Morgan fingerprint density at radius 2 is 2.16 bits per heavy atom. The molecule has 2 N–H and O–H groups in total. The summed E-state index contributed by atoms with van der Waals surface area (Å²) in [5.74, 6) is 0. The third-order valence-electron chi connectivity index (χ3n) is 3.26. The molecule has 1 aromatic carbocycles. The minimum absolute atomic E-state index is 0.0942. The average molecular weight is 272 g/mol. The van der Waals surface area contributed by atoms with E-state index in [9.17, 15) is 0 Å². The molecule has 2 heterocycles. The number of benzene rings is 1. The summed E-state index contributed by atoms with van der Waals surface area (Å²) in [6, 6.07) is 8.13. The van der Waals surface area contributed by atoms with Gasteiger partial charge in [0.2, 0.25) is 0 Å². The lowest BCUT2D eigenvalue weighted by Gasteiger charge is -2.06. The molecule has 4 nitrogen and oxygen atoms in total. The number of hydrogen-bond acceptors (Lipinski definition) is 4. The lowest BCUT2D eigenvalue weighted by atomic mass is 10.1. The van der Waals surface area contributed by atoms with Crippen molar-refractivity contribution in [3.63, 3.8) is 0 Å². The zero-order chi connectivity index (χ0) is 13.4. The normalized spacial score (nSPS) is 13.0. The van der Waals surface area contributed by atoms with E-state index in [1.165, 1.54) is 5.39 Å². The van der Waals surface area contributed by atoms with Gasteiger partial charge >= 0.3 is 0 Å².